The van der Waals surface area contributed by atoms with Gasteiger partial charge in [-0.25, -0.2) is 4.39 Å². The van der Waals surface area contributed by atoms with Crippen LogP contribution in [0.1, 0.15) is 32.9 Å². The van der Waals surface area contributed by atoms with Crippen LogP contribution in [0.3, 0.4) is 0 Å². The summed E-state index contributed by atoms with van der Waals surface area (Å²) in [6.07, 6.45) is 0. The van der Waals surface area contributed by atoms with Gasteiger partial charge in [-0.1, -0.05) is 23.2 Å². The van der Waals surface area contributed by atoms with Crippen LogP contribution in [-0.4, -0.2) is 15.8 Å². The van der Waals surface area contributed by atoms with Crippen molar-refractivity contribution in [3.63, 3.8) is 0 Å². The van der Waals surface area contributed by atoms with Crippen molar-refractivity contribution in [1.82, 2.24) is 9.88 Å². The van der Waals surface area contributed by atoms with Gasteiger partial charge in [0.15, 0.2) is 0 Å². The van der Waals surface area contributed by atoms with Gasteiger partial charge in [-0.05, 0) is 43.2 Å². The van der Waals surface area contributed by atoms with Crippen LogP contribution in [0.5, 0.6) is 0 Å². The first-order valence-electron chi connectivity index (χ1n) is 6.77. The Bertz CT molecular complexity index is 792. The highest BCUT2D eigenvalue weighted by Crippen LogP contribution is 2.31. The SMILES string of the molecule is Cc1nc2c(c(C)c1Cl)CN(C(=O)c1ccc(F)c(Cl)c1)C2. The summed E-state index contributed by atoms with van der Waals surface area (Å²) in [5.41, 5.74) is 3.92. The van der Waals surface area contributed by atoms with E-state index < -0.39 is 5.82 Å². The number of hydrogen-bond donors (Lipinski definition) is 0. The largest absolute Gasteiger partial charge is 0.328 e. The van der Waals surface area contributed by atoms with E-state index in [1.807, 2.05) is 13.8 Å². The van der Waals surface area contributed by atoms with Crippen LogP contribution in [0.2, 0.25) is 10.0 Å². The lowest BCUT2D eigenvalue weighted by Crippen LogP contribution is -2.25. The molecule has 0 atom stereocenters. The number of rotatable bonds is 1. The molecule has 1 aliphatic rings. The number of aryl methyl sites for hydroxylation is 1. The molecule has 3 rings (SSSR count). The molecule has 1 aromatic carbocycles. The molecular weight excluding hydrogens is 326 g/mol. The molecule has 0 unspecified atom stereocenters. The highest BCUT2D eigenvalue weighted by atomic mass is 35.5. The molecule has 0 aliphatic carbocycles. The highest BCUT2D eigenvalue weighted by Gasteiger charge is 2.28. The number of carbonyl (C=O) groups is 1. The van der Waals surface area contributed by atoms with Crippen molar-refractivity contribution in [3.8, 4) is 0 Å². The van der Waals surface area contributed by atoms with Crippen LogP contribution in [0.25, 0.3) is 0 Å². The lowest BCUT2D eigenvalue weighted by Gasteiger charge is -2.15. The Morgan fingerprint density at radius 3 is 2.68 bits per heavy atom. The van der Waals surface area contributed by atoms with Crippen LogP contribution in [0.15, 0.2) is 18.2 Å². The van der Waals surface area contributed by atoms with Crippen molar-refractivity contribution in [2.75, 3.05) is 0 Å². The van der Waals surface area contributed by atoms with Gasteiger partial charge in [0.1, 0.15) is 5.82 Å². The van der Waals surface area contributed by atoms with Crippen molar-refractivity contribution in [1.29, 1.82) is 0 Å². The monoisotopic (exact) mass is 338 g/mol. The van der Waals surface area contributed by atoms with Crippen LogP contribution in [-0.2, 0) is 13.1 Å². The molecule has 1 amide bonds. The number of nitrogens with zero attached hydrogens (tertiary/aromatic N) is 2. The van der Waals surface area contributed by atoms with Crippen LogP contribution in [0.4, 0.5) is 4.39 Å². The van der Waals surface area contributed by atoms with E-state index in [0.29, 0.717) is 23.7 Å². The maximum atomic E-state index is 13.2. The molecule has 2 heterocycles. The van der Waals surface area contributed by atoms with Crippen LogP contribution in [0, 0.1) is 19.7 Å². The Morgan fingerprint density at radius 1 is 1.27 bits per heavy atom. The van der Waals surface area contributed by atoms with E-state index in [1.165, 1.54) is 18.2 Å². The zero-order chi connectivity index (χ0) is 16.0. The van der Waals surface area contributed by atoms with Gasteiger partial charge >= 0.3 is 0 Å². The number of aromatic nitrogens is 1. The zero-order valence-corrected chi connectivity index (χ0v) is 13.6. The third kappa shape index (κ3) is 2.46. The van der Waals surface area contributed by atoms with Crippen LogP contribution < -0.4 is 0 Å². The molecule has 3 nitrogen and oxygen atoms in total. The molecule has 1 aliphatic heterocycles. The Kier molecular flexibility index (Phi) is 3.83. The van der Waals surface area contributed by atoms with Crippen molar-refractivity contribution in [2.24, 2.45) is 0 Å². The van der Waals surface area contributed by atoms with E-state index in [4.69, 9.17) is 23.2 Å². The van der Waals surface area contributed by atoms with Gasteiger partial charge in [-0.15, -0.1) is 0 Å². The smallest absolute Gasteiger partial charge is 0.254 e. The second-order valence-corrected chi connectivity index (χ2v) is 6.14. The number of hydrogen-bond acceptors (Lipinski definition) is 2. The van der Waals surface area contributed by atoms with E-state index in [2.05, 4.69) is 4.98 Å². The summed E-state index contributed by atoms with van der Waals surface area (Å²) in [4.78, 5) is 18.7. The minimum absolute atomic E-state index is 0.0595. The summed E-state index contributed by atoms with van der Waals surface area (Å²) in [7, 11) is 0. The third-order valence-electron chi connectivity index (χ3n) is 3.89. The Morgan fingerprint density at radius 2 is 2.00 bits per heavy atom. The van der Waals surface area contributed by atoms with Gasteiger partial charge < -0.3 is 4.90 Å². The van der Waals surface area contributed by atoms with Crippen molar-refractivity contribution in [3.05, 3.63) is 62.1 Å². The quantitative estimate of drug-likeness (QED) is 0.776. The lowest BCUT2D eigenvalue weighted by molar-refractivity contribution is 0.0750. The first-order chi connectivity index (χ1) is 10.4. The molecule has 2 aromatic rings. The molecule has 6 heteroatoms. The van der Waals surface area contributed by atoms with E-state index in [9.17, 15) is 9.18 Å². The number of carbonyl (C=O) groups excluding carboxylic acids is 1. The topological polar surface area (TPSA) is 33.2 Å². The Balaban J connectivity index is 1.91. The van der Waals surface area contributed by atoms with Crippen LogP contribution >= 0.6 is 23.2 Å². The molecule has 22 heavy (non-hydrogen) atoms. The van der Waals surface area contributed by atoms with Gasteiger partial charge in [0.2, 0.25) is 0 Å². The summed E-state index contributed by atoms with van der Waals surface area (Å²) in [6, 6.07) is 3.98. The van der Waals surface area contributed by atoms with E-state index in [0.717, 1.165) is 22.5 Å². The maximum Gasteiger partial charge on any atom is 0.254 e. The van der Waals surface area contributed by atoms with Crippen molar-refractivity contribution >= 4 is 29.1 Å². The fourth-order valence-corrected chi connectivity index (χ4v) is 3.00. The average Bonchev–Trinajstić information content (AvgIpc) is 2.91. The number of fused-ring (bicyclic) bond motifs is 1. The summed E-state index contributed by atoms with van der Waals surface area (Å²) >= 11 is 12.0. The van der Waals surface area contributed by atoms with E-state index >= 15 is 0 Å². The molecule has 0 N–H and O–H groups in total. The lowest BCUT2D eigenvalue weighted by atomic mass is 10.1. The first kappa shape index (κ1) is 15.3. The average molecular weight is 339 g/mol. The zero-order valence-electron chi connectivity index (χ0n) is 12.1. The number of halogens is 3. The summed E-state index contributed by atoms with van der Waals surface area (Å²) < 4.78 is 13.2. The predicted octanol–water partition coefficient (Wildman–Crippen LogP) is 4.30. The summed E-state index contributed by atoms with van der Waals surface area (Å²) in [5, 5.41) is 0.577. The Labute approximate surface area is 137 Å². The third-order valence-corrected chi connectivity index (χ3v) is 4.74. The minimum atomic E-state index is -0.539. The molecule has 114 valence electrons. The molecule has 0 spiro atoms. The second-order valence-electron chi connectivity index (χ2n) is 5.35. The highest BCUT2D eigenvalue weighted by molar-refractivity contribution is 6.32. The second kappa shape index (κ2) is 5.52. The van der Waals surface area contributed by atoms with Gasteiger partial charge in [-0.3, -0.25) is 9.78 Å². The van der Waals surface area contributed by atoms with E-state index in [-0.39, 0.29) is 10.9 Å². The van der Waals surface area contributed by atoms with Crippen molar-refractivity contribution < 1.29 is 9.18 Å². The molecule has 0 saturated heterocycles. The van der Waals surface area contributed by atoms with Gasteiger partial charge in [0.25, 0.3) is 5.91 Å². The molecule has 1 aromatic heterocycles. The molecular formula is C16H13Cl2FN2O. The summed E-state index contributed by atoms with van der Waals surface area (Å²) in [5.74, 6) is -0.740. The fourth-order valence-electron chi connectivity index (χ4n) is 2.66. The fraction of sp³-hybridized carbons (Fsp3) is 0.250. The molecule has 0 bridgehead atoms. The minimum Gasteiger partial charge on any atom is -0.328 e. The number of benzene rings is 1. The standard InChI is InChI=1S/C16H13Cl2FN2O/c1-8-11-6-21(7-14(11)20-9(2)15(8)18)16(22)10-3-4-13(19)12(17)5-10/h3-5H,6-7H2,1-2H3. The normalized spacial score (nSPS) is 13.4. The molecule has 0 radical (unpaired) electrons. The van der Waals surface area contributed by atoms with Gasteiger partial charge in [-0.2, -0.15) is 0 Å². The van der Waals surface area contributed by atoms with Crippen molar-refractivity contribution in [2.45, 2.75) is 26.9 Å². The van der Waals surface area contributed by atoms with Gasteiger partial charge in [0.05, 0.1) is 28.0 Å². The molecule has 0 saturated carbocycles. The number of amides is 1. The Hall–Kier alpha value is -1.65. The summed E-state index contributed by atoms with van der Waals surface area (Å²) in [6.45, 7) is 4.64. The predicted molar refractivity (Wildman–Crippen MR) is 83.7 cm³/mol. The van der Waals surface area contributed by atoms with Gasteiger partial charge in [0, 0.05) is 12.1 Å². The maximum absolute atomic E-state index is 13.2. The number of pyridine rings is 1. The first-order valence-corrected chi connectivity index (χ1v) is 7.53. The molecule has 0 fully saturated rings. The van der Waals surface area contributed by atoms with E-state index in [1.54, 1.807) is 4.90 Å².